The fraction of sp³-hybridized carbons (Fsp3) is 0.353. The van der Waals surface area contributed by atoms with Crippen molar-refractivity contribution in [1.82, 2.24) is 20.2 Å². The average Bonchev–Trinajstić information content (AvgIpc) is 3.43. The van der Waals surface area contributed by atoms with E-state index in [0.717, 1.165) is 21.9 Å². The summed E-state index contributed by atoms with van der Waals surface area (Å²) in [6.07, 6.45) is 4.36. The van der Waals surface area contributed by atoms with Crippen molar-refractivity contribution >= 4 is 34.4 Å². The summed E-state index contributed by atoms with van der Waals surface area (Å²) in [6, 6.07) is 21.6. The van der Waals surface area contributed by atoms with Gasteiger partial charge in [-0.1, -0.05) is 78.9 Å². The van der Waals surface area contributed by atoms with Gasteiger partial charge < -0.3 is 15.5 Å². The zero-order chi connectivity index (χ0) is 31.1. The van der Waals surface area contributed by atoms with Gasteiger partial charge in [-0.3, -0.25) is 29.6 Å². The Bertz CT molecular complexity index is 1500. The molecule has 1 aliphatic rings. The lowest BCUT2D eigenvalue weighted by Gasteiger charge is -2.35. The quantitative estimate of drug-likeness (QED) is 0.337. The molecule has 3 aromatic carbocycles. The molecular weight excluding hydrogens is 542 g/mol. The number of nitrogens with zero attached hydrogens (tertiary/aromatic N) is 3. The number of rotatable bonds is 11. The van der Waals surface area contributed by atoms with Crippen LogP contribution in [-0.2, 0) is 32.0 Å². The van der Waals surface area contributed by atoms with E-state index in [1.54, 1.807) is 20.2 Å². The summed E-state index contributed by atoms with van der Waals surface area (Å²) in [6.45, 7) is 3.98. The molecule has 0 aromatic heterocycles. The summed E-state index contributed by atoms with van der Waals surface area (Å²) in [5, 5.41) is 3.38. The van der Waals surface area contributed by atoms with Crippen LogP contribution < -0.4 is 11.2 Å². The van der Waals surface area contributed by atoms with Crippen LogP contribution in [0, 0.1) is 0 Å². The first-order valence-corrected chi connectivity index (χ1v) is 14.5. The highest BCUT2D eigenvalue weighted by Gasteiger charge is 2.38. The van der Waals surface area contributed by atoms with Crippen molar-refractivity contribution < 1.29 is 19.2 Å². The van der Waals surface area contributed by atoms with Gasteiger partial charge in [-0.2, -0.15) is 0 Å². The molecule has 1 heterocycles. The van der Waals surface area contributed by atoms with Crippen LogP contribution in [0.4, 0.5) is 0 Å². The predicted octanol–water partition coefficient (Wildman–Crippen LogP) is 3.23. The lowest BCUT2D eigenvalue weighted by molar-refractivity contribution is -0.150. The Morgan fingerprint density at radius 1 is 0.907 bits per heavy atom. The van der Waals surface area contributed by atoms with Crippen molar-refractivity contribution in [1.29, 1.82) is 0 Å². The highest BCUT2D eigenvalue weighted by molar-refractivity contribution is 5.96. The molecule has 0 bridgehead atoms. The van der Waals surface area contributed by atoms with Crippen molar-refractivity contribution in [3.63, 3.8) is 0 Å². The maximum atomic E-state index is 14.3. The number of nitrogens with one attached hydrogen (secondary N) is 1. The Balaban J connectivity index is 1.66. The first-order valence-electron chi connectivity index (χ1n) is 14.5. The average molecular weight is 584 g/mol. The number of hydrogen-bond acceptors (Lipinski definition) is 5. The minimum Gasteiger partial charge on any atom is -0.332 e. The van der Waals surface area contributed by atoms with E-state index in [9.17, 15) is 19.2 Å². The normalized spacial score (nSPS) is 14.9. The van der Waals surface area contributed by atoms with Crippen LogP contribution in [0.2, 0.25) is 0 Å². The van der Waals surface area contributed by atoms with Gasteiger partial charge in [-0.15, -0.1) is 0 Å². The lowest BCUT2D eigenvalue weighted by atomic mass is 9.98. The summed E-state index contributed by atoms with van der Waals surface area (Å²) in [5.41, 5.74) is 9.95. The van der Waals surface area contributed by atoms with Crippen LogP contribution in [0.1, 0.15) is 37.8 Å². The van der Waals surface area contributed by atoms with Gasteiger partial charge in [0.15, 0.2) is 0 Å². The van der Waals surface area contributed by atoms with Gasteiger partial charge in [0.25, 0.3) is 5.91 Å². The van der Waals surface area contributed by atoms with Crippen molar-refractivity contribution in [2.45, 2.75) is 57.2 Å². The second kappa shape index (κ2) is 13.6. The molecule has 0 aliphatic carbocycles. The lowest BCUT2D eigenvalue weighted by Crippen LogP contribution is -2.57. The Morgan fingerprint density at radius 3 is 2.21 bits per heavy atom. The third-order valence-corrected chi connectivity index (χ3v) is 7.71. The van der Waals surface area contributed by atoms with Crippen LogP contribution in [-0.4, -0.2) is 76.7 Å². The molecule has 2 atom stereocenters. The Morgan fingerprint density at radius 2 is 1.56 bits per heavy atom. The van der Waals surface area contributed by atoms with Gasteiger partial charge in [0.1, 0.15) is 12.1 Å². The molecule has 0 unspecified atom stereocenters. The number of benzene rings is 3. The van der Waals surface area contributed by atoms with Gasteiger partial charge in [-0.05, 0) is 48.2 Å². The fourth-order valence-electron chi connectivity index (χ4n) is 5.15. The van der Waals surface area contributed by atoms with Gasteiger partial charge in [0.2, 0.25) is 17.7 Å². The number of fused-ring (bicyclic) bond motifs is 1. The van der Waals surface area contributed by atoms with Crippen LogP contribution in [0.15, 0.2) is 84.9 Å². The number of hydrazine groups is 1. The SMILES string of the molecule is CN(C(=O)/C=C\CC(C)(C)N)[C@H](Cc1ccc2ccccc2c1)C(=O)N(C)[C@H](Cc1ccccc1)C(=O)N1CCC(=O)N1. The van der Waals surface area contributed by atoms with E-state index in [2.05, 4.69) is 5.43 Å². The summed E-state index contributed by atoms with van der Waals surface area (Å²) in [4.78, 5) is 56.2. The molecule has 0 saturated carbocycles. The molecule has 9 nitrogen and oxygen atoms in total. The van der Waals surface area contributed by atoms with Gasteiger partial charge >= 0.3 is 0 Å². The number of carbonyl (C=O) groups is 4. The zero-order valence-electron chi connectivity index (χ0n) is 25.3. The maximum Gasteiger partial charge on any atom is 0.264 e. The smallest absolute Gasteiger partial charge is 0.264 e. The number of carbonyl (C=O) groups excluding carboxylic acids is 4. The third kappa shape index (κ3) is 8.29. The Hall–Kier alpha value is -4.50. The Labute approximate surface area is 253 Å². The Kier molecular flexibility index (Phi) is 9.98. The molecule has 1 fully saturated rings. The third-order valence-electron chi connectivity index (χ3n) is 7.71. The summed E-state index contributed by atoms with van der Waals surface area (Å²) in [5.74, 6) is -1.34. The first kappa shape index (κ1) is 31.4. The molecule has 0 spiro atoms. The summed E-state index contributed by atoms with van der Waals surface area (Å²) < 4.78 is 0. The molecule has 43 heavy (non-hydrogen) atoms. The molecular formula is C34H41N5O4. The summed E-state index contributed by atoms with van der Waals surface area (Å²) in [7, 11) is 3.19. The molecule has 1 aliphatic heterocycles. The molecule has 4 amide bonds. The van der Waals surface area contributed by atoms with E-state index in [1.165, 1.54) is 20.9 Å². The van der Waals surface area contributed by atoms with Crippen molar-refractivity contribution in [2.75, 3.05) is 20.6 Å². The van der Waals surface area contributed by atoms with Crippen LogP contribution in [0.5, 0.6) is 0 Å². The van der Waals surface area contributed by atoms with E-state index < -0.39 is 17.6 Å². The second-order valence-electron chi connectivity index (χ2n) is 11.9. The van der Waals surface area contributed by atoms with E-state index in [4.69, 9.17) is 5.73 Å². The molecule has 1 saturated heterocycles. The molecule has 9 heteroatoms. The number of hydrogen-bond donors (Lipinski definition) is 2. The molecule has 4 rings (SSSR count). The minimum atomic E-state index is -0.899. The largest absolute Gasteiger partial charge is 0.332 e. The monoisotopic (exact) mass is 583 g/mol. The van der Waals surface area contributed by atoms with Crippen LogP contribution in [0.3, 0.4) is 0 Å². The standard InChI is InChI=1S/C34H41N5O4/c1-34(2,35)19-10-15-31(41)37(3)28(23-25-16-17-26-13-8-9-14-27(26)21-25)32(42)38(4)29(22-24-11-6-5-7-12-24)33(43)39-20-18-30(40)36-39/h5-17,21,28-29H,18-20,22-23,35H2,1-4H3,(H,36,40)/b15-10-/t28-,29-/m1/s1. The fourth-order valence-corrected chi connectivity index (χ4v) is 5.15. The van der Waals surface area contributed by atoms with Crippen molar-refractivity contribution in [3.8, 4) is 0 Å². The maximum absolute atomic E-state index is 14.3. The predicted molar refractivity (Wildman–Crippen MR) is 167 cm³/mol. The molecule has 3 aromatic rings. The molecule has 3 N–H and O–H groups in total. The number of amides is 4. The minimum absolute atomic E-state index is 0.204. The topological polar surface area (TPSA) is 116 Å². The number of likely N-dealkylation sites (N-methyl/N-ethyl adjacent to an activating group) is 2. The van der Waals surface area contributed by atoms with E-state index in [1.807, 2.05) is 86.6 Å². The van der Waals surface area contributed by atoms with Gasteiger partial charge in [0, 0.05) is 38.9 Å². The van der Waals surface area contributed by atoms with Crippen LogP contribution in [0.25, 0.3) is 10.8 Å². The van der Waals surface area contributed by atoms with E-state index >= 15 is 0 Å². The van der Waals surface area contributed by atoms with Crippen molar-refractivity contribution in [2.24, 2.45) is 5.73 Å². The second-order valence-corrected chi connectivity index (χ2v) is 11.9. The van der Waals surface area contributed by atoms with Gasteiger partial charge in [0.05, 0.1) is 6.54 Å². The van der Waals surface area contributed by atoms with Crippen LogP contribution >= 0.6 is 0 Å². The van der Waals surface area contributed by atoms with E-state index in [-0.39, 0.29) is 49.4 Å². The highest BCUT2D eigenvalue weighted by atomic mass is 16.2. The molecule has 226 valence electrons. The van der Waals surface area contributed by atoms with Crippen molar-refractivity contribution in [3.05, 3.63) is 96.1 Å². The zero-order valence-corrected chi connectivity index (χ0v) is 25.3. The summed E-state index contributed by atoms with van der Waals surface area (Å²) >= 11 is 0. The number of nitrogens with two attached hydrogens (primary N) is 1. The highest BCUT2D eigenvalue weighted by Crippen LogP contribution is 2.21. The first-order chi connectivity index (χ1) is 20.4. The molecule has 0 radical (unpaired) electrons. The van der Waals surface area contributed by atoms with Gasteiger partial charge in [-0.25, -0.2) is 0 Å². The van der Waals surface area contributed by atoms with E-state index in [0.29, 0.717) is 6.42 Å².